The van der Waals surface area contributed by atoms with Crippen molar-refractivity contribution >= 4 is 23.4 Å². The lowest BCUT2D eigenvalue weighted by atomic mass is 10.0. The molecule has 0 saturated carbocycles. The minimum absolute atomic E-state index is 0.0997. The maximum Gasteiger partial charge on any atom is 0.243 e. The number of nitrogens with one attached hydrogen (secondary N) is 1. The van der Waals surface area contributed by atoms with Crippen molar-refractivity contribution in [1.82, 2.24) is 10.2 Å². The van der Waals surface area contributed by atoms with Crippen LogP contribution in [0.2, 0.25) is 5.02 Å². The summed E-state index contributed by atoms with van der Waals surface area (Å²) in [5.74, 6) is 1.00. The van der Waals surface area contributed by atoms with Crippen molar-refractivity contribution in [3.63, 3.8) is 0 Å². The number of carbonyl (C=O) groups excluding carboxylic acids is 2. The number of amides is 2. The van der Waals surface area contributed by atoms with Crippen molar-refractivity contribution in [3.05, 3.63) is 94.5 Å². The zero-order chi connectivity index (χ0) is 26.6. The number of ether oxygens (including phenoxy) is 2. The quantitative estimate of drug-likeness (QED) is 0.324. The van der Waals surface area contributed by atoms with E-state index in [4.69, 9.17) is 21.1 Å². The summed E-state index contributed by atoms with van der Waals surface area (Å²) >= 11 is 6.09. The smallest absolute Gasteiger partial charge is 0.243 e. The second-order valence-corrected chi connectivity index (χ2v) is 9.27. The summed E-state index contributed by atoms with van der Waals surface area (Å²) in [4.78, 5) is 28.8. The van der Waals surface area contributed by atoms with Crippen LogP contribution in [0.15, 0.2) is 72.8 Å². The molecule has 0 heterocycles. The lowest BCUT2D eigenvalue weighted by Gasteiger charge is -2.31. The predicted molar refractivity (Wildman–Crippen MR) is 147 cm³/mol. The molecule has 6 nitrogen and oxygen atoms in total. The van der Waals surface area contributed by atoms with Crippen molar-refractivity contribution in [2.45, 2.75) is 45.2 Å². The zero-order valence-electron chi connectivity index (χ0n) is 21.7. The monoisotopic (exact) mass is 522 g/mol. The molecule has 0 spiro atoms. The van der Waals surface area contributed by atoms with Gasteiger partial charge in [0.05, 0.1) is 14.2 Å². The molecule has 3 rings (SSSR count). The number of hydrogen-bond acceptors (Lipinski definition) is 4. The molecule has 0 saturated heterocycles. The van der Waals surface area contributed by atoms with E-state index in [1.165, 1.54) is 0 Å². The predicted octanol–water partition coefficient (Wildman–Crippen LogP) is 5.46. The van der Waals surface area contributed by atoms with Gasteiger partial charge < -0.3 is 19.7 Å². The molecule has 1 unspecified atom stereocenters. The third-order valence-electron chi connectivity index (χ3n) is 6.16. The Hall–Kier alpha value is -3.51. The Bertz CT molecular complexity index is 1150. The molecule has 0 bridgehead atoms. The average molecular weight is 523 g/mol. The molecular formula is C30H35ClN2O4. The summed E-state index contributed by atoms with van der Waals surface area (Å²) in [6.45, 7) is 2.87. The highest BCUT2D eigenvalue weighted by Crippen LogP contribution is 2.28. The van der Waals surface area contributed by atoms with Crippen LogP contribution < -0.4 is 14.8 Å². The normalized spacial score (nSPS) is 11.5. The molecule has 37 heavy (non-hydrogen) atoms. The molecular weight excluding hydrogens is 488 g/mol. The highest BCUT2D eigenvalue weighted by molar-refractivity contribution is 6.30. The molecule has 0 radical (unpaired) electrons. The number of methoxy groups -OCH3 is 2. The fraction of sp³-hybridized carbons (Fsp3) is 0.333. The van der Waals surface area contributed by atoms with Crippen LogP contribution >= 0.6 is 11.6 Å². The Kier molecular flexibility index (Phi) is 10.8. The van der Waals surface area contributed by atoms with E-state index in [1.54, 1.807) is 31.3 Å². The summed E-state index contributed by atoms with van der Waals surface area (Å²) in [5, 5.41) is 3.62. The van der Waals surface area contributed by atoms with E-state index in [0.29, 0.717) is 42.5 Å². The van der Waals surface area contributed by atoms with Gasteiger partial charge in [0, 0.05) is 31.0 Å². The summed E-state index contributed by atoms with van der Waals surface area (Å²) in [6.07, 6.45) is 1.99. The first kappa shape index (κ1) is 28.1. The van der Waals surface area contributed by atoms with Gasteiger partial charge in [-0.15, -0.1) is 0 Å². The number of carbonyl (C=O) groups is 2. The maximum atomic E-state index is 13.7. The van der Waals surface area contributed by atoms with E-state index in [2.05, 4.69) is 5.32 Å². The SMILES string of the molecule is CCCNC(=O)C(Cc1ccccc1)N(Cc1ccc(Cl)cc1)C(=O)CCc1ccc(OC)c(OC)c1. The second kappa shape index (κ2) is 14.3. The summed E-state index contributed by atoms with van der Waals surface area (Å²) < 4.78 is 10.7. The van der Waals surface area contributed by atoms with Gasteiger partial charge in [0.1, 0.15) is 6.04 Å². The van der Waals surface area contributed by atoms with Gasteiger partial charge in [0.15, 0.2) is 11.5 Å². The van der Waals surface area contributed by atoms with Gasteiger partial charge in [0.2, 0.25) is 11.8 Å². The molecule has 0 fully saturated rings. The number of rotatable bonds is 13. The van der Waals surface area contributed by atoms with Gasteiger partial charge in [-0.3, -0.25) is 9.59 Å². The Balaban J connectivity index is 1.88. The third-order valence-corrected chi connectivity index (χ3v) is 6.41. The standard InChI is InChI=1S/C30H35ClN2O4/c1-4-18-32-30(35)26(19-22-8-6-5-7-9-22)33(21-24-10-14-25(31)15-11-24)29(34)17-13-23-12-16-27(36-2)28(20-23)37-3/h5-12,14-16,20,26H,4,13,17-19,21H2,1-3H3,(H,32,35). The molecule has 0 aliphatic heterocycles. The Morgan fingerprint density at radius 2 is 1.57 bits per heavy atom. The number of aryl methyl sites for hydroxylation is 1. The van der Waals surface area contributed by atoms with Crippen LogP contribution in [0.4, 0.5) is 0 Å². The van der Waals surface area contributed by atoms with Gasteiger partial charge in [-0.25, -0.2) is 0 Å². The number of hydrogen-bond donors (Lipinski definition) is 1. The molecule has 1 N–H and O–H groups in total. The molecule has 0 aromatic heterocycles. The topological polar surface area (TPSA) is 67.9 Å². The van der Waals surface area contributed by atoms with Gasteiger partial charge in [-0.1, -0.05) is 67.1 Å². The molecule has 3 aromatic carbocycles. The van der Waals surface area contributed by atoms with Crippen LogP contribution in [-0.2, 0) is 29.0 Å². The van der Waals surface area contributed by atoms with Crippen molar-refractivity contribution in [3.8, 4) is 11.5 Å². The fourth-order valence-corrected chi connectivity index (χ4v) is 4.26. The molecule has 2 amide bonds. The fourth-order valence-electron chi connectivity index (χ4n) is 4.14. The Morgan fingerprint density at radius 3 is 2.22 bits per heavy atom. The van der Waals surface area contributed by atoms with Gasteiger partial charge in [-0.05, 0) is 53.8 Å². The van der Waals surface area contributed by atoms with E-state index in [9.17, 15) is 9.59 Å². The number of halogens is 1. The van der Waals surface area contributed by atoms with Gasteiger partial charge >= 0.3 is 0 Å². The molecule has 3 aromatic rings. The van der Waals surface area contributed by atoms with E-state index < -0.39 is 6.04 Å². The Morgan fingerprint density at radius 1 is 0.892 bits per heavy atom. The van der Waals surface area contributed by atoms with Gasteiger partial charge in [-0.2, -0.15) is 0 Å². The van der Waals surface area contributed by atoms with E-state index in [-0.39, 0.29) is 18.2 Å². The van der Waals surface area contributed by atoms with Crippen LogP contribution in [0.3, 0.4) is 0 Å². The van der Waals surface area contributed by atoms with Crippen molar-refractivity contribution in [2.24, 2.45) is 0 Å². The van der Waals surface area contributed by atoms with Crippen LogP contribution in [0.25, 0.3) is 0 Å². The van der Waals surface area contributed by atoms with Crippen LogP contribution in [-0.4, -0.2) is 43.5 Å². The van der Waals surface area contributed by atoms with Crippen LogP contribution in [0.5, 0.6) is 11.5 Å². The number of benzene rings is 3. The van der Waals surface area contributed by atoms with E-state index in [0.717, 1.165) is 23.1 Å². The van der Waals surface area contributed by atoms with E-state index >= 15 is 0 Å². The summed E-state index contributed by atoms with van der Waals surface area (Å²) in [7, 11) is 3.18. The molecule has 7 heteroatoms. The third kappa shape index (κ3) is 8.25. The molecule has 0 aliphatic rings. The lowest BCUT2D eigenvalue weighted by Crippen LogP contribution is -2.50. The Labute approximate surface area is 224 Å². The second-order valence-electron chi connectivity index (χ2n) is 8.83. The summed E-state index contributed by atoms with van der Waals surface area (Å²) in [5.41, 5.74) is 2.85. The highest BCUT2D eigenvalue weighted by atomic mass is 35.5. The largest absolute Gasteiger partial charge is 0.493 e. The van der Waals surface area contributed by atoms with Gasteiger partial charge in [0.25, 0.3) is 0 Å². The first-order chi connectivity index (χ1) is 17.9. The minimum atomic E-state index is -0.650. The zero-order valence-corrected chi connectivity index (χ0v) is 22.5. The van der Waals surface area contributed by atoms with Crippen LogP contribution in [0, 0.1) is 0 Å². The molecule has 1 atom stereocenters. The lowest BCUT2D eigenvalue weighted by molar-refractivity contribution is -0.141. The molecule has 196 valence electrons. The summed E-state index contributed by atoms with van der Waals surface area (Å²) in [6, 6.07) is 22.2. The van der Waals surface area contributed by atoms with Crippen LogP contribution in [0.1, 0.15) is 36.5 Å². The number of nitrogens with zero attached hydrogens (tertiary/aromatic N) is 1. The van der Waals surface area contributed by atoms with Crippen molar-refractivity contribution in [2.75, 3.05) is 20.8 Å². The first-order valence-electron chi connectivity index (χ1n) is 12.5. The van der Waals surface area contributed by atoms with E-state index in [1.807, 2.05) is 67.6 Å². The highest BCUT2D eigenvalue weighted by Gasteiger charge is 2.30. The minimum Gasteiger partial charge on any atom is -0.493 e. The maximum absolute atomic E-state index is 13.7. The van der Waals surface area contributed by atoms with Crippen molar-refractivity contribution in [1.29, 1.82) is 0 Å². The molecule has 0 aliphatic carbocycles. The van der Waals surface area contributed by atoms with Crippen molar-refractivity contribution < 1.29 is 19.1 Å². The average Bonchev–Trinajstić information content (AvgIpc) is 2.93. The first-order valence-corrected chi connectivity index (χ1v) is 12.9.